The third kappa shape index (κ3) is 3.11. The predicted molar refractivity (Wildman–Crippen MR) is 80.8 cm³/mol. The Balaban J connectivity index is 2.32. The fourth-order valence-electron chi connectivity index (χ4n) is 2.07. The molecule has 0 saturated heterocycles. The van der Waals surface area contributed by atoms with Crippen LogP contribution in [0.2, 0.25) is 0 Å². The Kier molecular flexibility index (Phi) is 4.29. The molecule has 0 spiro atoms. The first-order valence-electron chi connectivity index (χ1n) is 6.03. The van der Waals surface area contributed by atoms with Gasteiger partial charge in [0.05, 0.1) is 5.56 Å². The first-order chi connectivity index (χ1) is 9.49. The van der Waals surface area contributed by atoms with E-state index in [4.69, 9.17) is 18.0 Å². The number of nitrogens with zero attached hydrogens (tertiary/aromatic N) is 1. The summed E-state index contributed by atoms with van der Waals surface area (Å²) in [6.45, 7) is 0.427. The van der Waals surface area contributed by atoms with E-state index >= 15 is 0 Å². The molecule has 2 rings (SSSR count). The zero-order valence-corrected chi connectivity index (χ0v) is 11.8. The lowest BCUT2D eigenvalue weighted by atomic mass is 10.1. The summed E-state index contributed by atoms with van der Waals surface area (Å²) in [5, 5.41) is 0. The average Bonchev–Trinajstić information content (AvgIpc) is 2.37. The van der Waals surface area contributed by atoms with Crippen molar-refractivity contribution in [2.24, 2.45) is 5.73 Å². The lowest BCUT2D eigenvalue weighted by Gasteiger charge is -2.22. The molecule has 0 fully saturated rings. The molecule has 2 aromatic carbocycles. The normalized spacial score (nSPS) is 10.3. The van der Waals surface area contributed by atoms with Gasteiger partial charge in [0, 0.05) is 19.3 Å². The number of nitrogens with two attached hydrogens (primary N) is 1. The van der Waals surface area contributed by atoms with Gasteiger partial charge in [0.1, 0.15) is 16.6 Å². The molecule has 5 heteroatoms. The van der Waals surface area contributed by atoms with Crippen molar-refractivity contribution in [2.45, 2.75) is 6.54 Å². The molecular weight excluding hydrogens is 278 g/mol. The van der Waals surface area contributed by atoms with Gasteiger partial charge in [-0.3, -0.25) is 0 Å². The van der Waals surface area contributed by atoms with Gasteiger partial charge in [0.25, 0.3) is 0 Å². The molecule has 2 N–H and O–H groups in total. The van der Waals surface area contributed by atoms with E-state index < -0.39 is 5.82 Å². The van der Waals surface area contributed by atoms with E-state index in [1.807, 2.05) is 0 Å². The number of halogens is 2. The van der Waals surface area contributed by atoms with Gasteiger partial charge in [-0.1, -0.05) is 30.4 Å². The highest BCUT2D eigenvalue weighted by Crippen LogP contribution is 2.23. The van der Waals surface area contributed by atoms with Crippen LogP contribution in [-0.4, -0.2) is 12.0 Å². The average molecular weight is 292 g/mol. The zero-order chi connectivity index (χ0) is 14.7. The summed E-state index contributed by atoms with van der Waals surface area (Å²) in [7, 11) is 1.78. The van der Waals surface area contributed by atoms with E-state index in [9.17, 15) is 8.78 Å². The van der Waals surface area contributed by atoms with E-state index in [2.05, 4.69) is 0 Å². The fourth-order valence-corrected chi connectivity index (χ4v) is 2.27. The summed E-state index contributed by atoms with van der Waals surface area (Å²) in [4.78, 5) is 1.79. The van der Waals surface area contributed by atoms with Crippen LogP contribution in [0.25, 0.3) is 0 Å². The quantitative estimate of drug-likeness (QED) is 0.877. The predicted octanol–water partition coefficient (Wildman–Crippen LogP) is 3.24. The van der Waals surface area contributed by atoms with Crippen molar-refractivity contribution < 1.29 is 8.78 Å². The molecule has 0 radical (unpaired) electrons. The molecule has 0 bridgehead atoms. The van der Waals surface area contributed by atoms with Crippen molar-refractivity contribution in [2.75, 3.05) is 11.9 Å². The van der Waals surface area contributed by atoms with Crippen LogP contribution < -0.4 is 10.6 Å². The molecule has 0 aliphatic carbocycles. The number of hydrogen-bond acceptors (Lipinski definition) is 2. The molecule has 0 saturated carbocycles. The van der Waals surface area contributed by atoms with Crippen LogP contribution in [0.1, 0.15) is 11.1 Å². The minimum Gasteiger partial charge on any atom is -0.389 e. The van der Waals surface area contributed by atoms with Crippen molar-refractivity contribution >= 4 is 22.9 Å². The molecule has 0 aromatic heterocycles. The molecule has 20 heavy (non-hydrogen) atoms. The zero-order valence-electron chi connectivity index (χ0n) is 10.9. The summed E-state index contributed by atoms with van der Waals surface area (Å²) in [6.07, 6.45) is 0. The Morgan fingerprint density at radius 1 is 1.20 bits per heavy atom. The summed E-state index contributed by atoms with van der Waals surface area (Å²) in [5.74, 6) is -0.759. The second kappa shape index (κ2) is 5.96. The second-order valence-corrected chi connectivity index (χ2v) is 4.92. The number of anilines is 1. The largest absolute Gasteiger partial charge is 0.389 e. The van der Waals surface area contributed by atoms with Gasteiger partial charge in [-0.15, -0.1) is 0 Å². The fraction of sp³-hybridized carbons (Fsp3) is 0.133. The third-order valence-electron chi connectivity index (χ3n) is 2.96. The third-order valence-corrected chi connectivity index (χ3v) is 3.16. The first-order valence-corrected chi connectivity index (χ1v) is 6.43. The van der Waals surface area contributed by atoms with Crippen LogP contribution in [0, 0.1) is 11.6 Å². The van der Waals surface area contributed by atoms with Crippen LogP contribution in [0.5, 0.6) is 0 Å². The van der Waals surface area contributed by atoms with Gasteiger partial charge in [0.2, 0.25) is 0 Å². The minimum absolute atomic E-state index is 0.00388. The van der Waals surface area contributed by atoms with Crippen LogP contribution >= 0.6 is 12.2 Å². The van der Waals surface area contributed by atoms with Gasteiger partial charge in [0.15, 0.2) is 0 Å². The van der Waals surface area contributed by atoms with Crippen molar-refractivity contribution in [3.63, 3.8) is 0 Å². The number of hydrogen-bond donors (Lipinski definition) is 1. The highest BCUT2D eigenvalue weighted by atomic mass is 32.1. The van der Waals surface area contributed by atoms with Gasteiger partial charge in [-0.25, -0.2) is 8.78 Å². The molecule has 0 heterocycles. The number of benzene rings is 2. The topological polar surface area (TPSA) is 29.3 Å². The molecule has 2 aromatic rings. The van der Waals surface area contributed by atoms with Crippen molar-refractivity contribution in [3.8, 4) is 0 Å². The van der Waals surface area contributed by atoms with Crippen LogP contribution in [0.15, 0.2) is 42.5 Å². The molecule has 2 nitrogen and oxygen atoms in total. The summed E-state index contributed by atoms with van der Waals surface area (Å²) >= 11 is 4.89. The van der Waals surface area contributed by atoms with Crippen LogP contribution in [0.3, 0.4) is 0 Å². The monoisotopic (exact) mass is 292 g/mol. The maximum absolute atomic E-state index is 13.8. The molecule has 104 valence electrons. The molecule has 0 aliphatic heterocycles. The Bertz CT molecular complexity index is 644. The van der Waals surface area contributed by atoms with Gasteiger partial charge in [-0.2, -0.15) is 0 Å². The summed E-state index contributed by atoms with van der Waals surface area (Å²) in [5.41, 5.74) is 7.15. The van der Waals surface area contributed by atoms with Crippen molar-refractivity contribution in [3.05, 3.63) is 65.2 Å². The van der Waals surface area contributed by atoms with Gasteiger partial charge in [-0.05, 0) is 29.8 Å². The van der Waals surface area contributed by atoms with E-state index in [-0.39, 0.29) is 16.4 Å². The highest BCUT2D eigenvalue weighted by Gasteiger charge is 2.14. The molecular formula is C15H14F2N2S. The van der Waals surface area contributed by atoms with Gasteiger partial charge < -0.3 is 10.6 Å². The lowest BCUT2D eigenvalue weighted by Crippen LogP contribution is -2.22. The minimum atomic E-state index is -0.457. The second-order valence-electron chi connectivity index (χ2n) is 4.48. The van der Waals surface area contributed by atoms with E-state index in [0.717, 1.165) is 5.56 Å². The molecule has 0 amide bonds. The summed E-state index contributed by atoms with van der Waals surface area (Å²) < 4.78 is 27.0. The first kappa shape index (κ1) is 14.4. The Morgan fingerprint density at radius 3 is 2.55 bits per heavy atom. The lowest BCUT2D eigenvalue weighted by molar-refractivity contribution is 0.622. The number of rotatable bonds is 4. The Morgan fingerprint density at radius 2 is 1.90 bits per heavy atom. The highest BCUT2D eigenvalue weighted by molar-refractivity contribution is 7.80. The van der Waals surface area contributed by atoms with Crippen molar-refractivity contribution in [1.82, 2.24) is 0 Å². The summed E-state index contributed by atoms with van der Waals surface area (Å²) in [6, 6.07) is 10.9. The molecule has 0 atom stereocenters. The van der Waals surface area contributed by atoms with E-state index in [1.54, 1.807) is 36.2 Å². The van der Waals surface area contributed by atoms with Crippen LogP contribution in [-0.2, 0) is 6.54 Å². The Hall–Kier alpha value is -2.01. The molecule has 0 unspecified atom stereocenters. The smallest absolute Gasteiger partial charge is 0.135 e. The van der Waals surface area contributed by atoms with Crippen LogP contribution in [0.4, 0.5) is 14.5 Å². The van der Waals surface area contributed by atoms with Crippen molar-refractivity contribution in [1.29, 1.82) is 0 Å². The van der Waals surface area contributed by atoms with Gasteiger partial charge >= 0.3 is 0 Å². The maximum atomic E-state index is 13.8. The van der Waals surface area contributed by atoms with E-state index in [1.165, 1.54) is 18.2 Å². The Labute approximate surface area is 121 Å². The van der Waals surface area contributed by atoms with E-state index in [0.29, 0.717) is 12.2 Å². The standard InChI is InChI=1S/C15H14F2N2S/c1-19(9-10-4-2-5-11(16)8-10)13-7-3-6-12(17)14(13)15(18)20/h2-8H,9H2,1H3,(H2,18,20). The number of thiocarbonyl (C=S) groups is 1. The molecule has 0 aliphatic rings. The maximum Gasteiger partial charge on any atom is 0.135 e. The SMILES string of the molecule is CN(Cc1cccc(F)c1)c1cccc(F)c1C(N)=S.